The molecule has 0 unspecified atom stereocenters. The van der Waals surface area contributed by atoms with Gasteiger partial charge < -0.3 is 10.2 Å². The summed E-state index contributed by atoms with van der Waals surface area (Å²) in [6.07, 6.45) is 5.32. The number of hydrogen-bond acceptors (Lipinski definition) is 3. The van der Waals surface area contributed by atoms with E-state index in [1.54, 1.807) is 0 Å². The van der Waals surface area contributed by atoms with Crippen molar-refractivity contribution in [3.63, 3.8) is 0 Å². The molecule has 1 aliphatic heterocycles. The van der Waals surface area contributed by atoms with Gasteiger partial charge in [0, 0.05) is 24.9 Å². The summed E-state index contributed by atoms with van der Waals surface area (Å²) in [5.41, 5.74) is 2.10. The zero-order chi connectivity index (χ0) is 20.1. The monoisotopic (exact) mass is 416 g/mol. The van der Waals surface area contributed by atoms with Gasteiger partial charge >= 0.3 is 0 Å². The lowest BCUT2D eigenvalue weighted by Crippen LogP contribution is -2.43. The second-order valence-corrected chi connectivity index (χ2v) is 9.54. The molecule has 0 radical (unpaired) electrons. The SMILES string of the molecule is Fc1ccc(C(SCCNC2CCN(CC3CC3)CC2)c2ccc(F)cc2)cc1. The Morgan fingerprint density at radius 2 is 1.41 bits per heavy atom. The van der Waals surface area contributed by atoms with E-state index in [1.807, 2.05) is 36.0 Å². The second-order valence-electron chi connectivity index (χ2n) is 8.33. The molecule has 4 rings (SSSR count). The Kier molecular flexibility index (Phi) is 7.22. The van der Waals surface area contributed by atoms with E-state index in [9.17, 15) is 8.78 Å². The largest absolute Gasteiger partial charge is 0.313 e. The van der Waals surface area contributed by atoms with Crippen molar-refractivity contribution in [2.24, 2.45) is 5.92 Å². The van der Waals surface area contributed by atoms with Crippen LogP contribution in [0, 0.1) is 17.6 Å². The Labute approximate surface area is 177 Å². The third-order valence-electron chi connectivity index (χ3n) is 5.97. The first-order chi connectivity index (χ1) is 14.2. The fraction of sp³-hybridized carbons (Fsp3) is 0.500. The molecule has 2 nitrogen and oxygen atoms in total. The summed E-state index contributed by atoms with van der Waals surface area (Å²) in [7, 11) is 0. The van der Waals surface area contributed by atoms with Crippen LogP contribution in [-0.2, 0) is 0 Å². The van der Waals surface area contributed by atoms with Crippen LogP contribution in [0.1, 0.15) is 42.1 Å². The normalized spacial score (nSPS) is 18.4. The Balaban J connectivity index is 1.26. The summed E-state index contributed by atoms with van der Waals surface area (Å²) >= 11 is 1.83. The van der Waals surface area contributed by atoms with Crippen LogP contribution in [0.3, 0.4) is 0 Å². The van der Waals surface area contributed by atoms with Crippen molar-refractivity contribution in [3.8, 4) is 0 Å². The highest BCUT2D eigenvalue weighted by molar-refractivity contribution is 7.99. The average Bonchev–Trinajstić information content (AvgIpc) is 3.55. The highest BCUT2D eigenvalue weighted by Gasteiger charge is 2.26. The topological polar surface area (TPSA) is 15.3 Å². The zero-order valence-electron chi connectivity index (χ0n) is 16.8. The molecular weight excluding hydrogens is 386 g/mol. The third kappa shape index (κ3) is 6.27. The summed E-state index contributed by atoms with van der Waals surface area (Å²) in [6.45, 7) is 4.70. The van der Waals surface area contributed by atoms with Crippen LogP contribution < -0.4 is 5.32 Å². The first kappa shape index (κ1) is 20.8. The van der Waals surface area contributed by atoms with Gasteiger partial charge in [0.1, 0.15) is 11.6 Å². The molecule has 1 aliphatic carbocycles. The molecule has 0 bridgehead atoms. The third-order valence-corrected chi connectivity index (χ3v) is 7.28. The molecule has 5 heteroatoms. The quantitative estimate of drug-likeness (QED) is 0.562. The van der Waals surface area contributed by atoms with E-state index in [-0.39, 0.29) is 16.9 Å². The van der Waals surface area contributed by atoms with Gasteiger partial charge in [0.05, 0.1) is 5.25 Å². The Bertz CT molecular complexity index is 708. The molecule has 2 fully saturated rings. The number of likely N-dealkylation sites (tertiary alicyclic amines) is 1. The molecule has 0 spiro atoms. The molecule has 2 aromatic carbocycles. The van der Waals surface area contributed by atoms with E-state index in [0.29, 0.717) is 6.04 Å². The number of nitrogens with one attached hydrogen (secondary N) is 1. The van der Waals surface area contributed by atoms with Gasteiger partial charge in [0.15, 0.2) is 0 Å². The van der Waals surface area contributed by atoms with E-state index in [4.69, 9.17) is 0 Å². The van der Waals surface area contributed by atoms with E-state index in [2.05, 4.69) is 10.2 Å². The highest BCUT2D eigenvalue weighted by Crippen LogP contribution is 2.35. The number of nitrogens with zero attached hydrogens (tertiary/aromatic N) is 1. The lowest BCUT2D eigenvalue weighted by Gasteiger charge is -2.32. The minimum absolute atomic E-state index is 0.0818. The molecule has 2 aliphatic rings. The molecule has 0 aromatic heterocycles. The van der Waals surface area contributed by atoms with Crippen molar-refractivity contribution < 1.29 is 8.78 Å². The van der Waals surface area contributed by atoms with E-state index in [1.165, 1.54) is 69.6 Å². The van der Waals surface area contributed by atoms with Gasteiger partial charge in [-0.15, -0.1) is 11.8 Å². The fourth-order valence-corrected chi connectivity index (χ4v) is 5.26. The van der Waals surface area contributed by atoms with Crippen molar-refractivity contribution in [3.05, 3.63) is 71.3 Å². The summed E-state index contributed by atoms with van der Waals surface area (Å²) < 4.78 is 26.7. The van der Waals surface area contributed by atoms with Crippen LogP contribution in [0.25, 0.3) is 0 Å². The standard InChI is InChI=1S/C24H30F2N2S/c25-21-7-3-19(4-8-21)24(20-5-9-22(26)10-6-20)29-16-13-27-23-11-14-28(15-12-23)17-18-1-2-18/h3-10,18,23-24,27H,1-2,11-17H2. The summed E-state index contributed by atoms with van der Waals surface area (Å²) in [5.74, 6) is 1.48. The molecule has 0 amide bonds. The number of benzene rings is 2. The molecule has 2 aromatic rings. The minimum atomic E-state index is -0.230. The van der Waals surface area contributed by atoms with Crippen LogP contribution in [0.2, 0.25) is 0 Å². The van der Waals surface area contributed by atoms with Gasteiger partial charge in [-0.2, -0.15) is 0 Å². The predicted octanol–water partition coefficient (Wildman–Crippen LogP) is 5.25. The Hall–Kier alpha value is -1.43. The van der Waals surface area contributed by atoms with Gasteiger partial charge in [-0.1, -0.05) is 24.3 Å². The maximum absolute atomic E-state index is 13.3. The van der Waals surface area contributed by atoms with Gasteiger partial charge in [-0.3, -0.25) is 0 Å². The number of hydrogen-bond donors (Lipinski definition) is 1. The summed E-state index contributed by atoms with van der Waals surface area (Å²) in [4.78, 5) is 2.63. The molecule has 1 heterocycles. The zero-order valence-corrected chi connectivity index (χ0v) is 17.6. The molecular formula is C24H30F2N2S. The molecule has 156 valence electrons. The van der Waals surface area contributed by atoms with Crippen LogP contribution in [0.15, 0.2) is 48.5 Å². The second kappa shape index (κ2) is 10.1. The molecule has 1 saturated carbocycles. The van der Waals surface area contributed by atoms with Crippen molar-refractivity contribution in [2.45, 2.75) is 37.0 Å². The number of halogens is 2. The van der Waals surface area contributed by atoms with Crippen molar-refractivity contribution in [1.29, 1.82) is 0 Å². The molecule has 1 saturated heterocycles. The van der Waals surface area contributed by atoms with E-state index in [0.717, 1.165) is 29.3 Å². The van der Waals surface area contributed by atoms with Crippen LogP contribution in [0.5, 0.6) is 0 Å². The fourth-order valence-electron chi connectivity index (χ4n) is 4.09. The summed E-state index contributed by atoms with van der Waals surface area (Å²) in [6, 6.07) is 13.9. The van der Waals surface area contributed by atoms with Crippen molar-refractivity contribution in [1.82, 2.24) is 10.2 Å². The van der Waals surface area contributed by atoms with Crippen molar-refractivity contribution in [2.75, 3.05) is 31.9 Å². The van der Waals surface area contributed by atoms with Gasteiger partial charge in [0.2, 0.25) is 0 Å². The lowest BCUT2D eigenvalue weighted by molar-refractivity contribution is 0.192. The lowest BCUT2D eigenvalue weighted by atomic mass is 10.0. The first-order valence-electron chi connectivity index (χ1n) is 10.8. The maximum atomic E-state index is 13.3. The van der Waals surface area contributed by atoms with E-state index < -0.39 is 0 Å². The highest BCUT2D eigenvalue weighted by atomic mass is 32.2. The Morgan fingerprint density at radius 1 is 0.862 bits per heavy atom. The van der Waals surface area contributed by atoms with Crippen LogP contribution >= 0.6 is 11.8 Å². The predicted molar refractivity (Wildman–Crippen MR) is 117 cm³/mol. The number of rotatable bonds is 9. The Morgan fingerprint density at radius 3 is 1.93 bits per heavy atom. The molecule has 1 N–H and O–H groups in total. The molecule has 29 heavy (non-hydrogen) atoms. The number of thioether (sulfide) groups is 1. The van der Waals surface area contributed by atoms with Crippen LogP contribution in [-0.4, -0.2) is 42.9 Å². The summed E-state index contributed by atoms with van der Waals surface area (Å²) in [5, 5.41) is 3.80. The minimum Gasteiger partial charge on any atom is -0.313 e. The maximum Gasteiger partial charge on any atom is 0.123 e. The van der Waals surface area contributed by atoms with Gasteiger partial charge in [0.25, 0.3) is 0 Å². The smallest absolute Gasteiger partial charge is 0.123 e. The number of piperidine rings is 1. The van der Waals surface area contributed by atoms with E-state index >= 15 is 0 Å². The first-order valence-corrected chi connectivity index (χ1v) is 11.8. The van der Waals surface area contributed by atoms with Crippen molar-refractivity contribution >= 4 is 11.8 Å². The average molecular weight is 417 g/mol. The van der Waals surface area contributed by atoms with Gasteiger partial charge in [-0.25, -0.2) is 8.78 Å². The van der Waals surface area contributed by atoms with Gasteiger partial charge in [-0.05, 0) is 80.1 Å². The van der Waals surface area contributed by atoms with Crippen LogP contribution in [0.4, 0.5) is 8.78 Å². The molecule has 0 atom stereocenters.